The van der Waals surface area contributed by atoms with Gasteiger partial charge < -0.3 is 4.74 Å². The smallest absolute Gasteiger partial charge is 0.131 e. The molecule has 2 aromatic rings. The highest BCUT2D eigenvalue weighted by Crippen LogP contribution is 2.23. The van der Waals surface area contributed by atoms with E-state index in [1.54, 1.807) is 0 Å². The highest BCUT2D eigenvalue weighted by Gasteiger charge is 2.12. The van der Waals surface area contributed by atoms with Crippen molar-refractivity contribution in [3.05, 3.63) is 45.7 Å². The van der Waals surface area contributed by atoms with E-state index >= 15 is 0 Å². The Hall–Kier alpha value is -1.29. The molecule has 3 nitrogen and oxygen atoms in total. The summed E-state index contributed by atoms with van der Waals surface area (Å²) in [5, 5.41) is 4.48. The molecule has 4 heteroatoms. The first-order valence-corrected chi connectivity index (χ1v) is 8.38. The minimum Gasteiger partial charge on any atom is -0.487 e. The van der Waals surface area contributed by atoms with Crippen LogP contribution in [0.5, 0.6) is 5.75 Å². The molecule has 114 valence electrons. The minimum absolute atomic E-state index is 0.531. The van der Waals surface area contributed by atoms with Gasteiger partial charge >= 0.3 is 0 Å². The van der Waals surface area contributed by atoms with Crippen LogP contribution in [0, 0.1) is 6.92 Å². The molecule has 0 bridgehead atoms. The normalized spacial score (nSPS) is 10.9. The zero-order valence-corrected chi connectivity index (χ0v) is 14.6. The molecule has 21 heavy (non-hydrogen) atoms. The Balaban J connectivity index is 2.00. The molecule has 1 heterocycles. The summed E-state index contributed by atoms with van der Waals surface area (Å²) in [6.45, 7) is 7.69. The topological polar surface area (TPSA) is 27.1 Å². The lowest BCUT2D eigenvalue weighted by molar-refractivity contribution is 0.291. The van der Waals surface area contributed by atoms with Gasteiger partial charge in [0.1, 0.15) is 12.4 Å². The number of aryl methyl sites for hydroxylation is 3. The maximum atomic E-state index is 5.90. The zero-order chi connectivity index (χ0) is 15.2. The maximum Gasteiger partial charge on any atom is 0.131 e. The Morgan fingerprint density at radius 3 is 2.52 bits per heavy atom. The molecule has 0 fully saturated rings. The van der Waals surface area contributed by atoms with Crippen molar-refractivity contribution in [3.63, 3.8) is 0 Å². The first-order chi connectivity index (χ1) is 10.2. The van der Waals surface area contributed by atoms with Gasteiger partial charge in [0, 0.05) is 6.54 Å². The molecular formula is C17H23BrN2O. The summed E-state index contributed by atoms with van der Waals surface area (Å²) in [4.78, 5) is 0. The lowest BCUT2D eigenvalue weighted by atomic mass is 10.1. The monoisotopic (exact) mass is 350 g/mol. The van der Waals surface area contributed by atoms with Crippen LogP contribution in [-0.4, -0.2) is 9.78 Å². The number of hydrogen-bond acceptors (Lipinski definition) is 2. The molecule has 2 rings (SSSR count). The second-order valence-corrected chi connectivity index (χ2v) is 5.99. The van der Waals surface area contributed by atoms with E-state index in [1.165, 1.54) is 18.4 Å². The van der Waals surface area contributed by atoms with Crippen LogP contribution < -0.4 is 4.74 Å². The average molecular weight is 351 g/mol. The molecule has 0 aliphatic heterocycles. The minimum atomic E-state index is 0.531. The van der Waals surface area contributed by atoms with Crippen molar-refractivity contribution in [1.29, 1.82) is 0 Å². The van der Waals surface area contributed by atoms with Crippen molar-refractivity contribution >= 4 is 15.9 Å². The van der Waals surface area contributed by atoms with E-state index in [0.717, 1.165) is 34.6 Å². The third-order valence-electron chi connectivity index (χ3n) is 3.57. The summed E-state index contributed by atoms with van der Waals surface area (Å²) in [7, 11) is 0. The van der Waals surface area contributed by atoms with Crippen LogP contribution in [0.4, 0.5) is 0 Å². The van der Waals surface area contributed by atoms with Crippen LogP contribution in [0.15, 0.2) is 28.7 Å². The molecule has 1 aromatic heterocycles. The fourth-order valence-corrected chi connectivity index (χ4v) is 2.69. The van der Waals surface area contributed by atoms with Gasteiger partial charge in [-0.15, -0.1) is 0 Å². The number of rotatable bonds is 7. The third kappa shape index (κ3) is 4.10. The Bertz CT molecular complexity index is 575. The van der Waals surface area contributed by atoms with E-state index in [9.17, 15) is 0 Å². The van der Waals surface area contributed by atoms with Crippen LogP contribution in [0.25, 0.3) is 0 Å². The van der Waals surface area contributed by atoms with Gasteiger partial charge in [0.2, 0.25) is 0 Å². The SMILES string of the molecule is CCCCc1ccc(OCc2c(Br)c(C)nn2CC)cc1. The molecule has 0 radical (unpaired) electrons. The van der Waals surface area contributed by atoms with E-state index in [0.29, 0.717) is 6.61 Å². The van der Waals surface area contributed by atoms with Crippen LogP contribution in [-0.2, 0) is 19.6 Å². The molecule has 0 unspecified atom stereocenters. The summed E-state index contributed by atoms with van der Waals surface area (Å²) >= 11 is 3.59. The van der Waals surface area contributed by atoms with Crippen LogP contribution in [0.3, 0.4) is 0 Å². The van der Waals surface area contributed by atoms with Crippen LogP contribution in [0.1, 0.15) is 43.6 Å². The molecular weight excluding hydrogens is 328 g/mol. The van der Waals surface area contributed by atoms with Gasteiger partial charge in [-0.2, -0.15) is 5.10 Å². The van der Waals surface area contributed by atoms with Crippen molar-refractivity contribution in [2.24, 2.45) is 0 Å². The van der Waals surface area contributed by atoms with E-state index < -0.39 is 0 Å². The summed E-state index contributed by atoms with van der Waals surface area (Å²) in [6.07, 6.45) is 3.61. The van der Waals surface area contributed by atoms with Gasteiger partial charge in [-0.3, -0.25) is 4.68 Å². The Labute approximate surface area is 135 Å². The highest BCUT2D eigenvalue weighted by atomic mass is 79.9. The second-order valence-electron chi connectivity index (χ2n) is 5.20. The number of aromatic nitrogens is 2. The van der Waals surface area contributed by atoms with Crippen LogP contribution >= 0.6 is 15.9 Å². The average Bonchev–Trinajstić information content (AvgIpc) is 2.79. The zero-order valence-electron chi connectivity index (χ0n) is 13.0. The Kier molecular flexibility index (Phi) is 5.85. The quantitative estimate of drug-likeness (QED) is 0.710. The highest BCUT2D eigenvalue weighted by molar-refractivity contribution is 9.10. The second kappa shape index (κ2) is 7.64. The van der Waals surface area contributed by atoms with E-state index in [2.05, 4.69) is 59.1 Å². The molecule has 0 atom stereocenters. The summed E-state index contributed by atoms with van der Waals surface area (Å²) in [6, 6.07) is 8.42. The van der Waals surface area contributed by atoms with E-state index in [1.807, 2.05) is 11.6 Å². The fourth-order valence-electron chi connectivity index (χ4n) is 2.29. The van der Waals surface area contributed by atoms with Crippen LogP contribution in [0.2, 0.25) is 0 Å². The fraction of sp³-hybridized carbons (Fsp3) is 0.471. The Morgan fingerprint density at radius 1 is 1.19 bits per heavy atom. The predicted molar refractivity (Wildman–Crippen MR) is 89.7 cm³/mol. The van der Waals surface area contributed by atoms with E-state index in [-0.39, 0.29) is 0 Å². The van der Waals surface area contributed by atoms with Crippen molar-refractivity contribution in [1.82, 2.24) is 9.78 Å². The number of nitrogens with zero attached hydrogens (tertiary/aromatic N) is 2. The number of hydrogen-bond donors (Lipinski definition) is 0. The maximum absolute atomic E-state index is 5.90. The summed E-state index contributed by atoms with van der Waals surface area (Å²) in [5.74, 6) is 0.906. The van der Waals surface area contributed by atoms with E-state index in [4.69, 9.17) is 4.74 Å². The first-order valence-electron chi connectivity index (χ1n) is 7.59. The predicted octanol–water partition coefficient (Wildman–Crippen LogP) is 4.90. The van der Waals surface area contributed by atoms with Gasteiger partial charge in [0.05, 0.1) is 15.9 Å². The Morgan fingerprint density at radius 2 is 1.90 bits per heavy atom. The van der Waals surface area contributed by atoms with Gasteiger partial charge in [-0.05, 0) is 60.3 Å². The van der Waals surface area contributed by atoms with Crippen molar-refractivity contribution in [3.8, 4) is 5.75 Å². The molecule has 0 N–H and O–H groups in total. The van der Waals surface area contributed by atoms with Gasteiger partial charge in [0.15, 0.2) is 0 Å². The number of ether oxygens (including phenoxy) is 1. The lowest BCUT2D eigenvalue weighted by Gasteiger charge is -2.09. The molecule has 0 aliphatic carbocycles. The molecule has 0 saturated carbocycles. The number of benzene rings is 1. The van der Waals surface area contributed by atoms with Crippen molar-refractivity contribution in [2.45, 2.75) is 53.2 Å². The number of unbranched alkanes of at least 4 members (excludes halogenated alkanes) is 1. The first kappa shape index (κ1) is 16.1. The largest absolute Gasteiger partial charge is 0.487 e. The lowest BCUT2D eigenvalue weighted by Crippen LogP contribution is -2.06. The summed E-state index contributed by atoms with van der Waals surface area (Å²) < 4.78 is 8.92. The third-order valence-corrected chi connectivity index (χ3v) is 4.60. The van der Waals surface area contributed by atoms with Crippen molar-refractivity contribution < 1.29 is 4.74 Å². The molecule has 0 saturated heterocycles. The van der Waals surface area contributed by atoms with Gasteiger partial charge in [-0.25, -0.2) is 0 Å². The molecule has 0 spiro atoms. The molecule has 0 amide bonds. The van der Waals surface area contributed by atoms with Gasteiger partial charge in [0.25, 0.3) is 0 Å². The number of halogens is 1. The van der Waals surface area contributed by atoms with Crippen molar-refractivity contribution in [2.75, 3.05) is 0 Å². The summed E-state index contributed by atoms with van der Waals surface area (Å²) in [5.41, 5.74) is 3.47. The van der Waals surface area contributed by atoms with Gasteiger partial charge in [-0.1, -0.05) is 25.5 Å². The molecule has 0 aliphatic rings. The standard InChI is InChI=1S/C17H23BrN2O/c1-4-6-7-14-8-10-15(11-9-14)21-12-16-17(18)13(3)19-20(16)5-2/h8-11H,4-7,12H2,1-3H3. The molecule has 1 aromatic carbocycles.